The van der Waals surface area contributed by atoms with Crippen LogP contribution in [-0.2, 0) is 4.79 Å². The van der Waals surface area contributed by atoms with Gasteiger partial charge in [0.25, 0.3) is 5.91 Å². The first kappa shape index (κ1) is 17.1. The third-order valence-electron chi connectivity index (χ3n) is 3.00. The molecule has 0 radical (unpaired) electrons. The van der Waals surface area contributed by atoms with Crippen LogP contribution in [0.3, 0.4) is 0 Å². The Hall–Kier alpha value is -3.22. The van der Waals surface area contributed by atoms with Crippen molar-refractivity contribution < 1.29 is 14.3 Å². The molecule has 0 spiro atoms. The zero-order valence-corrected chi connectivity index (χ0v) is 13.4. The van der Waals surface area contributed by atoms with Gasteiger partial charge >= 0.3 is 0 Å². The van der Waals surface area contributed by atoms with E-state index in [2.05, 4.69) is 5.32 Å². The van der Waals surface area contributed by atoms with Crippen LogP contribution in [0, 0.1) is 22.7 Å². The van der Waals surface area contributed by atoms with Crippen molar-refractivity contribution in [2.45, 2.75) is 0 Å². The van der Waals surface area contributed by atoms with Crippen molar-refractivity contribution in [3.63, 3.8) is 0 Å². The van der Waals surface area contributed by atoms with Crippen molar-refractivity contribution in [3.05, 3.63) is 52.5 Å². The molecule has 0 aliphatic heterocycles. The predicted molar refractivity (Wildman–Crippen MR) is 88.0 cm³/mol. The number of carbonyl (C=O) groups excluding carboxylic acids is 1. The molecule has 0 atom stereocenters. The van der Waals surface area contributed by atoms with Gasteiger partial charge < -0.3 is 14.8 Å². The Bertz CT molecular complexity index is 836. The maximum Gasteiger partial charge on any atom is 0.262 e. The second kappa shape index (κ2) is 7.87. The molecular weight excluding hydrogens is 330 g/mol. The van der Waals surface area contributed by atoms with Crippen molar-refractivity contribution in [1.82, 2.24) is 0 Å². The third-order valence-corrected chi connectivity index (χ3v) is 3.28. The minimum Gasteiger partial charge on any atom is -0.493 e. The topological polar surface area (TPSA) is 95.1 Å². The first-order chi connectivity index (χ1) is 11.6. The van der Waals surface area contributed by atoms with Crippen molar-refractivity contribution in [2.75, 3.05) is 19.0 Å². The number of rotatable bonds is 5. The molecule has 24 heavy (non-hydrogen) atoms. The number of halogens is 1. The van der Waals surface area contributed by atoms with Gasteiger partial charge in [0.2, 0.25) is 0 Å². The Morgan fingerprint density at radius 3 is 2.42 bits per heavy atom. The molecule has 0 fully saturated rings. The highest BCUT2D eigenvalue weighted by atomic mass is 35.5. The van der Waals surface area contributed by atoms with Crippen molar-refractivity contribution in [2.24, 2.45) is 0 Å². The fraction of sp³-hybridized carbons (Fsp3) is 0.118. The number of ether oxygens (including phenoxy) is 2. The van der Waals surface area contributed by atoms with Crippen molar-refractivity contribution in [3.8, 4) is 23.6 Å². The zero-order chi connectivity index (χ0) is 17.5. The van der Waals surface area contributed by atoms with E-state index in [-0.39, 0.29) is 23.1 Å². The van der Waals surface area contributed by atoms with Gasteiger partial charge in [0, 0.05) is 11.8 Å². The molecule has 2 aromatic rings. The maximum absolute atomic E-state index is 11.9. The highest BCUT2D eigenvalue weighted by Crippen LogP contribution is 2.36. The lowest BCUT2D eigenvalue weighted by atomic mass is 10.2. The SMILES string of the molecule is COc1cc(C#N)cc(Cl)c1OCC(=O)Nc1ccc(C#N)cc1. The molecule has 7 heteroatoms. The number of nitriles is 2. The Morgan fingerprint density at radius 1 is 1.17 bits per heavy atom. The maximum atomic E-state index is 11.9. The first-order valence-corrected chi connectivity index (χ1v) is 7.15. The molecule has 0 aliphatic carbocycles. The second-order valence-corrected chi connectivity index (χ2v) is 5.03. The number of nitrogens with one attached hydrogen (secondary N) is 1. The minimum absolute atomic E-state index is 0.178. The Kier molecular flexibility index (Phi) is 5.62. The molecule has 0 aromatic heterocycles. The van der Waals surface area contributed by atoms with Gasteiger partial charge in [-0.05, 0) is 30.3 Å². The lowest BCUT2D eigenvalue weighted by Crippen LogP contribution is -2.20. The number of amides is 1. The average molecular weight is 342 g/mol. The van der Waals surface area contributed by atoms with Crippen LogP contribution in [0.2, 0.25) is 5.02 Å². The molecule has 0 aliphatic rings. The molecule has 0 saturated heterocycles. The molecule has 0 bridgehead atoms. The van der Waals surface area contributed by atoms with E-state index in [0.717, 1.165) is 0 Å². The smallest absolute Gasteiger partial charge is 0.262 e. The molecule has 120 valence electrons. The second-order valence-electron chi connectivity index (χ2n) is 4.63. The van der Waals surface area contributed by atoms with Gasteiger partial charge in [0.15, 0.2) is 18.1 Å². The van der Waals surface area contributed by atoms with Crippen LogP contribution >= 0.6 is 11.6 Å². The minimum atomic E-state index is -0.401. The quantitative estimate of drug-likeness (QED) is 0.901. The number of methoxy groups -OCH3 is 1. The summed E-state index contributed by atoms with van der Waals surface area (Å²) in [5, 5.41) is 20.4. The van der Waals surface area contributed by atoms with Crippen molar-refractivity contribution in [1.29, 1.82) is 10.5 Å². The van der Waals surface area contributed by atoms with Gasteiger partial charge in [-0.15, -0.1) is 0 Å². The van der Waals surface area contributed by atoms with Crippen LogP contribution in [0.4, 0.5) is 5.69 Å². The lowest BCUT2D eigenvalue weighted by Gasteiger charge is -2.12. The summed E-state index contributed by atoms with van der Waals surface area (Å²) >= 11 is 6.05. The molecular formula is C17H12ClN3O3. The van der Waals surface area contributed by atoms with E-state index in [4.69, 9.17) is 31.6 Å². The van der Waals surface area contributed by atoms with E-state index < -0.39 is 5.91 Å². The number of hydrogen-bond acceptors (Lipinski definition) is 5. The number of anilines is 1. The van der Waals surface area contributed by atoms with E-state index in [0.29, 0.717) is 16.8 Å². The fourth-order valence-corrected chi connectivity index (χ4v) is 2.15. The highest BCUT2D eigenvalue weighted by Gasteiger charge is 2.14. The van der Waals surface area contributed by atoms with Crippen LogP contribution in [0.15, 0.2) is 36.4 Å². The van der Waals surface area contributed by atoms with E-state index in [1.807, 2.05) is 12.1 Å². The molecule has 1 N–H and O–H groups in total. The lowest BCUT2D eigenvalue weighted by molar-refractivity contribution is -0.118. The molecule has 0 unspecified atom stereocenters. The monoisotopic (exact) mass is 341 g/mol. The predicted octanol–water partition coefficient (Wildman–Crippen LogP) is 3.11. The molecule has 0 saturated carbocycles. The molecule has 2 rings (SSSR count). The van der Waals surface area contributed by atoms with Gasteiger partial charge in [0.05, 0.1) is 35.4 Å². The third kappa shape index (κ3) is 4.16. The number of hydrogen-bond donors (Lipinski definition) is 1. The Labute approximate surface area is 143 Å². The van der Waals surface area contributed by atoms with Crippen LogP contribution in [0.5, 0.6) is 11.5 Å². The van der Waals surface area contributed by atoms with Crippen LogP contribution in [0.1, 0.15) is 11.1 Å². The summed E-state index contributed by atoms with van der Waals surface area (Å²) in [6.07, 6.45) is 0. The van der Waals surface area contributed by atoms with Crippen LogP contribution in [0.25, 0.3) is 0 Å². The Morgan fingerprint density at radius 2 is 1.83 bits per heavy atom. The molecule has 2 aromatic carbocycles. The fourth-order valence-electron chi connectivity index (χ4n) is 1.89. The van der Waals surface area contributed by atoms with Gasteiger partial charge in [-0.25, -0.2) is 0 Å². The summed E-state index contributed by atoms with van der Waals surface area (Å²) in [5.74, 6) is 0.0561. The summed E-state index contributed by atoms with van der Waals surface area (Å²) < 4.78 is 10.5. The van der Waals surface area contributed by atoms with E-state index in [1.54, 1.807) is 24.3 Å². The standard InChI is InChI=1S/C17H12ClN3O3/c1-23-15-7-12(9-20)6-14(18)17(15)24-10-16(22)21-13-4-2-11(8-19)3-5-13/h2-7H,10H2,1H3,(H,21,22). The summed E-state index contributed by atoms with van der Waals surface area (Å²) in [5.41, 5.74) is 1.37. The van der Waals surface area contributed by atoms with Gasteiger partial charge in [-0.1, -0.05) is 11.6 Å². The normalized spacial score (nSPS) is 9.50. The summed E-state index contributed by atoms with van der Waals surface area (Å²) in [7, 11) is 1.41. The van der Waals surface area contributed by atoms with Gasteiger partial charge in [-0.3, -0.25) is 4.79 Å². The highest BCUT2D eigenvalue weighted by molar-refractivity contribution is 6.32. The molecule has 0 heterocycles. The van der Waals surface area contributed by atoms with Crippen LogP contribution in [-0.4, -0.2) is 19.6 Å². The van der Waals surface area contributed by atoms with Crippen LogP contribution < -0.4 is 14.8 Å². The zero-order valence-electron chi connectivity index (χ0n) is 12.7. The largest absolute Gasteiger partial charge is 0.493 e. The Balaban J connectivity index is 2.03. The van der Waals surface area contributed by atoms with E-state index >= 15 is 0 Å². The van der Waals surface area contributed by atoms with Gasteiger partial charge in [0.1, 0.15) is 0 Å². The van der Waals surface area contributed by atoms with E-state index in [9.17, 15) is 4.79 Å². The summed E-state index contributed by atoms with van der Waals surface area (Å²) in [6.45, 7) is -0.290. The molecule has 1 amide bonds. The number of carbonyl (C=O) groups is 1. The van der Waals surface area contributed by atoms with E-state index in [1.165, 1.54) is 19.2 Å². The number of benzene rings is 2. The average Bonchev–Trinajstić information content (AvgIpc) is 2.60. The summed E-state index contributed by atoms with van der Waals surface area (Å²) in [6, 6.07) is 13.3. The number of nitrogens with zero attached hydrogens (tertiary/aromatic N) is 2. The first-order valence-electron chi connectivity index (χ1n) is 6.78. The summed E-state index contributed by atoms with van der Waals surface area (Å²) in [4.78, 5) is 11.9. The molecule has 6 nitrogen and oxygen atoms in total. The van der Waals surface area contributed by atoms with Crippen molar-refractivity contribution >= 4 is 23.2 Å². The van der Waals surface area contributed by atoms with Gasteiger partial charge in [-0.2, -0.15) is 10.5 Å².